The van der Waals surface area contributed by atoms with Crippen LogP contribution in [0.3, 0.4) is 0 Å². The zero-order valence-electron chi connectivity index (χ0n) is 12.6. The van der Waals surface area contributed by atoms with E-state index in [-0.39, 0.29) is 11.6 Å². The Hall–Kier alpha value is -0.0800. The molecule has 3 rings (SSSR count). The van der Waals surface area contributed by atoms with E-state index in [1.807, 2.05) is 0 Å². The number of hydrogen-bond acceptors (Lipinski definition) is 2. The molecule has 2 nitrogen and oxygen atoms in total. The van der Waals surface area contributed by atoms with Crippen molar-refractivity contribution in [2.45, 2.75) is 82.8 Å². The first-order valence-electron chi connectivity index (χ1n) is 8.65. The fraction of sp³-hybridized carbons (Fsp3) is 1.00. The van der Waals surface area contributed by atoms with Crippen molar-refractivity contribution in [3.63, 3.8) is 0 Å². The molecule has 0 aromatic rings. The third-order valence-electron chi connectivity index (χ3n) is 6.26. The Morgan fingerprint density at radius 3 is 2.11 bits per heavy atom. The number of aliphatic hydroxyl groups excluding tert-OH is 1. The quantitative estimate of drug-likeness (QED) is 0.843. The molecule has 0 radical (unpaired) electrons. The lowest BCUT2D eigenvalue weighted by atomic mass is 9.73. The van der Waals surface area contributed by atoms with Crippen molar-refractivity contribution < 1.29 is 5.11 Å². The normalized spacial score (nSPS) is 37.6. The van der Waals surface area contributed by atoms with Gasteiger partial charge in [-0.1, -0.05) is 32.6 Å². The predicted molar refractivity (Wildman–Crippen MR) is 79.1 cm³/mol. The van der Waals surface area contributed by atoms with Crippen LogP contribution in [0.1, 0.15) is 71.1 Å². The lowest BCUT2D eigenvalue weighted by Crippen LogP contribution is -2.56. The largest absolute Gasteiger partial charge is 0.391 e. The van der Waals surface area contributed by atoms with E-state index < -0.39 is 0 Å². The van der Waals surface area contributed by atoms with Gasteiger partial charge in [0.15, 0.2) is 0 Å². The average molecular weight is 265 g/mol. The Morgan fingerprint density at radius 2 is 1.53 bits per heavy atom. The van der Waals surface area contributed by atoms with E-state index in [1.54, 1.807) is 0 Å². The number of likely N-dealkylation sites (tertiary alicyclic amines) is 1. The Morgan fingerprint density at radius 1 is 0.947 bits per heavy atom. The standard InChI is InChI=1S/C17H31NO/c1-14-6-8-15(9-7-14)16(19)17(10-2-3-11-17)18-12-4-5-13-18/h14-16,19H,2-13H2,1H3. The molecule has 1 unspecified atom stereocenters. The van der Waals surface area contributed by atoms with E-state index in [0.717, 1.165) is 5.92 Å². The maximum absolute atomic E-state index is 11.1. The van der Waals surface area contributed by atoms with E-state index in [2.05, 4.69) is 11.8 Å². The van der Waals surface area contributed by atoms with Crippen LogP contribution in [-0.4, -0.2) is 34.7 Å². The summed E-state index contributed by atoms with van der Waals surface area (Å²) < 4.78 is 0. The first-order valence-corrected chi connectivity index (χ1v) is 8.65. The zero-order chi connectivity index (χ0) is 13.3. The van der Waals surface area contributed by atoms with Gasteiger partial charge in [-0.05, 0) is 63.5 Å². The van der Waals surface area contributed by atoms with Gasteiger partial charge in [-0.15, -0.1) is 0 Å². The predicted octanol–water partition coefficient (Wildman–Crippen LogP) is 3.58. The summed E-state index contributed by atoms with van der Waals surface area (Å²) in [6.07, 6.45) is 13.0. The second-order valence-electron chi connectivity index (χ2n) is 7.47. The molecule has 1 N–H and O–H groups in total. The lowest BCUT2D eigenvalue weighted by Gasteiger charge is -2.46. The molecule has 2 aliphatic carbocycles. The number of aliphatic hydroxyl groups is 1. The van der Waals surface area contributed by atoms with Gasteiger partial charge in [0, 0.05) is 5.54 Å². The molecule has 3 aliphatic rings. The molecule has 2 heteroatoms. The number of nitrogens with zero attached hydrogens (tertiary/aromatic N) is 1. The minimum Gasteiger partial charge on any atom is -0.391 e. The molecule has 0 spiro atoms. The van der Waals surface area contributed by atoms with Crippen molar-refractivity contribution in [2.75, 3.05) is 13.1 Å². The topological polar surface area (TPSA) is 23.5 Å². The smallest absolute Gasteiger partial charge is 0.0751 e. The fourth-order valence-electron chi connectivity index (χ4n) is 4.99. The van der Waals surface area contributed by atoms with Crippen molar-refractivity contribution in [3.05, 3.63) is 0 Å². The molecule has 0 bridgehead atoms. The summed E-state index contributed by atoms with van der Waals surface area (Å²) >= 11 is 0. The highest BCUT2D eigenvalue weighted by Gasteiger charge is 2.48. The minimum absolute atomic E-state index is 0.0550. The highest BCUT2D eigenvalue weighted by Crippen LogP contribution is 2.45. The minimum atomic E-state index is -0.0550. The number of rotatable bonds is 3. The molecule has 1 saturated heterocycles. The SMILES string of the molecule is CC1CCC(C(O)C2(N3CCCC3)CCCC2)CC1. The summed E-state index contributed by atoms with van der Waals surface area (Å²) in [5, 5.41) is 11.1. The van der Waals surface area contributed by atoms with E-state index in [1.165, 1.54) is 77.3 Å². The second-order valence-corrected chi connectivity index (χ2v) is 7.47. The summed E-state index contributed by atoms with van der Waals surface area (Å²) in [4.78, 5) is 2.67. The highest BCUT2D eigenvalue weighted by atomic mass is 16.3. The maximum atomic E-state index is 11.1. The fourth-order valence-corrected chi connectivity index (χ4v) is 4.99. The zero-order valence-corrected chi connectivity index (χ0v) is 12.6. The number of hydrogen-bond donors (Lipinski definition) is 1. The van der Waals surface area contributed by atoms with E-state index >= 15 is 0 Å². The van der Waals surface area contributed by atoms with Crippen LogP contribution in [0.5, 0.6) is 0 Å². The Labute approximate surface area is 118 Å². The molecule has 0 amide bonds. The monoisotopic (exact) mass is 265 g/mol. The van der Waals surface area contributed by atoms with Crippen LogP contribution in [0.15, 0.2) is 0 Å². The second kappa shape index (κ2) is 5.73. The van der Waals surface area contributed by atoms with Crippen molar-refractivity contribution >= 4 is 0 Å². The molecule has 3 fully saturated rings. The van der Waals surface area contributed by atoms with E-state index in [0.29, 0.717) is 5.92 Å². The molecule has 1 aliphatic heterocycles. The first kappa shape index (κ1) is 13.9. The molecular formula is C17H31NO. The third-order valence-corrected chi connectivity index (χ3v) is 6.26. The van der Waals surface area contributed by atoms with Crippen LogP contribution < -0.4 is 0 Å². The summed E-state index contributed by atoms with van der Waals surface area (Å²) in [7, 11) is 0. The van der Waals surface area contributed by atoms with Gasteiger partial charge in [0.05, 0.1) is 6.10 Å². The molecule has 19 heavy (non-hydrogen) atoms. The van der Waals surface area contributed by atoms with Gasteiger partial charge in [0.1, 0.15) is 0 Å². The van der Waals surface area contributed by atoms with Crippen LogP contribution >= 0.6 is 0 Å². The van der Waals surface area contributed by atoms with E-state index in [4.69, 9.17) is 0 Å². The Kier molecular flexibility index (Phi) is 4.19. The van der Waals surface area contributed by atoms with E-state index in [9.17, 15) is 5.11 Å². The van der Waals surface area contributed by atoms with Gasteiger partial charge in [-0.2, -0.15) is 0 Å². The maximum Gasteiger partial charge on any atom is 0.0751 e. The van der Waals surface area contributed by atoms with Gasteiger partial charge in [-0.25, -0.2) is 0 Å². The summed E-state index contributed by atoms with van der Waals surface area (Å²) in [6.45, 7) is 4.84. The van der Waals surface area contributed by atoms with Crippen LogP contribution in [-0.2, 0) is 0 Å². The molecule has 2 saturated carbocycles. The van der Waals surface area contributed by atoms with Crippen LogP contribution in [0.2, 0.25) is 0 Å². The van der Waals surface area contributed by atoms with Crippen LogP contribution in [0.4, 0.5) is 0 Å². The van der Waals surface area contributed by atoms with Gasteiger partial charge in [-0.3, -0.25) is 4.90 Å². The molecule has 110 valence electrons. The molecule has 1 heterocycles. The van der Waals surface area contributed by atoms with Crippen molar-refractivity contribution in [3.8, 4) is 0 Å². The Balaban J connectivity index is 1.72. The van der Waals surface area contributed by atoms with Crippen molar-refractivity contribution in [2.24, 2.45) is 11.8 Å². The van der Waals surface area contributed by atoms with Crippen molar-refractivity contribution in [1.29, 1.82) is 0 Å². The van der Waals surface area contributed by atoms with Gasteiger partial charge in [0.2, 0.25) is 0 Å². The lowest BCUT2D eigenvalue weighted by molar-refractivity contribution is -0.0607. The molecule has 1 atom stereocenters. The summed E-state index contributed by atoms with van der Waals surface area (Å²) in [5.41, 5.74) is 0.168. The summed E-state index contributed by atoms with van der Waals surface area (Å²) in [5.74, 6) is 1.46. The molecule has 0 aromatic carbocycles. The first-order chi connectivity index (χ1) is 9.22. The highest BCUT2D eigenvalue weighted by molar-refractivity contribution is 5.04. The van der Waals surface area contributed by atoms with Crippen LogP contribution in [0.25, 0.3) is 0 Å². The van der Waals surface area contributed by atoms with Gasteiger partial charge >= 0.3 is 0 Å². The van der Waals surface area contributed by atoms with Crippen molar-refractivity contribution in [1.82, 2.24) is 4.90 Å². The average Bonchev–Trinajstić information content (AvgIpc) is 3.10. The van der Waals surface area contributed by atoms with Gasteiger partial charge < -0.3 is 5.11 Å². The van der Waals surface area contributed by atoms with Gasteiger partial charge in [0.25, 0.3) is 0 Å². The Bertz CT molecular complexity index is 284. The molecular weight excluding hydrogens is 234 g/mol. The molecule has 0 aromatic heterocycles. The third kappa shape index (κ3) is 2.58. The van der Waals surface area contributed by atoms with Crippen LogP contribution in [0, 0.1) is 11.8 Å². The summed E-state index contributed by atoms with van der Waals surface area (Å²) in [6, 6.07) is 0.